The normalized spacial score (nSPS) is 17.5. The van der Waals surface area contributed by atoms with Crippen molar-refractivity contribution in [3.05, 3.63) is 64.2 Å². The topological polar surface area (TPSA) is 72.2 Å². The molecule has 0 fully saturated rings. The molecule has 1 atom stereocenters. The van der Waals surface area contributed by atoms with E-state index in [1.165, 1.54) is 12.1 Å². The van der Waals surface area contributed by atoms with E-state index in [0.29, 0.717) is 6.42 Å². The second-order valence-corrected chi connectivity index (χ2v) is 5.95. The fourth-order valence-corrected chi connectivity index (χ4v) is 3.47. The highest BCUT2D eigenvalue weighted by Crippen LogP contribution is 2.43. The molecule has 0 aromatic heterocycles. The molecule has 0 spiro atoms. The van der Waals surface area contributed by atoms with E-state index in [4.69, 9.17) is 0 Å². The Labute approximate surface area is 125 Å². The molecule has 0 radical (unpaired) electrons. The molecule has 3 rings (SSSR count). The van der Waals surface area contributed by atoms with Gasteiger partial charge < -0.3 is 5.32 Å². The van der Waals surface area contributed by atoms with Crippen LogP contribution in [0.5, 0.6) is 0 Å². The van der Waals surface area contributed by atoms with Crippen molar-refractivity contribution in [3.63, 3.8) is 0 Å². The standard InChI is InChI=1S/C15H12N2O3S/c18-15-9-14(10-5-7-11(8-6-10)17(19)20)21-13-4-2-1-3-12(13)16-15/h1-8,14H,9H2,(H,16,18)/t14-/m1/s1. The Morgan fingerprint density at radius 2 is 1.86 bits per heavy atom. The third-order valence-electron chi connectivity index (χ3n) is 3.28. The number of nitro groups is 1. The van der Waals surface area contributed by atoms with Crippen LogP contribution in [-0.4, -0.2) is 10.8 Å². The van der Waals surface area contributed by atoms with Crippen molar-refractivity contribution >= 4 is 29.0 Å². The molecule has 1 heterocycles. The highest BCUT2D eigenvalue weighted by atomic mass is 32.2. The highest BCUT2D eigenvalue weighted by Gasteiger charge is 2.23. The first-order valence-corrected chi connectivity index (χ1v) is 7.31. The number of fused-ring (bicyclic) bond motifs is 1. The van der Waals surface area contributed by atoms with Gasteiger partial charge in [-0.15, -0.1) is 11.8 Å². The summed E-state index contributed by atoms with van der Waals surface area (Å²) in [6.07, 6.45) is 0.344. The van der Waals surface area contributed by atoms with Gasteiger partial charge in [0.05, 0.1) is 10.6 Å². The fraction of sp³-hybridized carbons (Fsp3) is 0.133. The Balaban J connectivity index is 1.91. The minimum absolute atomic E-state index is 0.0456. The molecule has 2 aromatic rings. The summed E-state index contributed by atoms with van der Waals surface area (Å²) >= 11 is 1.60. The van der Waals surface area contributed by atoms with Crippen LogP contribution in [0.4, 0.5) is 11.4 Å². The lowest BCUT2D eigenvalue weighted by Gasteiger charge is -2.13. The van der Waals surface area contributed by atoms with Gasteiger partial charge in [0, 0.05) is 28.7 Å². The molecule has 0 saturated heterocycles. The Bertz CT molecular complexity index is 700. The van der Waals surface area contributed by atoms with Gasteiger partial charge in [-0.1, -0.05) is 24.3 Å². The molecule has 2 aromatic carbocycles. The molecule has 1 amide bonds. The van der Waals surface area contributed by atoms with E-state index < -0.39 is 4.92 Å². The second-order valence-electron chi connectivity index (χ2n) is 4.70. The number of anilines is 1. The fourth-order valence-electron chi connectivity index (χ4n) is 2.23. The maximum absolute atomic E-state index is 12.0. The number of carbonyl (C=O) groups is 1. The Morgan fingerprint density at radius 3 is 2.57 bits per heavy atom. The molecule has 0 saturated carbocycles. The average Bonchev–Trinajstić information content (AvgIpc) is 2.65. The van der Waals surface area contributed by atoms with E-state index in [-0.39, 0.29) is 16.8 Å². The van der Waals surface area contributed by atoms with Crippen molar-refractivity contribution in [2.24, 2.45) is 0 Å². The monoisotopic (exact) mass is 300 g/mol. The van der Waals surface area contributed by atoms with Gasteiger partial charge in [-0.05, 0) is 17.7 Å². The van der Waals surface area contributed by atoms with Crippen molar-refractivity contribution in [2.75, 3.05) is 5.32 Å². The Morgan fingerprint density at radius 1 is 1.14 bits per heavy atom. The molecule has 1 aliphatic heterocycles. The summed E-state index contributed by atoms with van der Waals surface area (Å²) < 4.78 is 0. The number of para-hydroxylation sites is 1. The van der Waals surface area contributed by atoms with Crippen LogP contribution < -0.4 is 5.32 Å². The smallest absolute Gasteiger partial charge is 0.269 e. The van der Waals surface area contributed by atoms with E-state index in [0.717, 1.165) is 16.1 Å². The molecule has 0 aliphatic carbocycles. The zero-order valence-electron chi connectivity index (χ0n) is 11.0. The van der Waals surface area contributed by atoms with Crippen LogP contribution in [-0.2, 0) is 4.79 Å². The number of carbonyl (C=O) groups excluding carboxylic acids is 1. The lowest BCUT2D eigenvalue weighted by molar-refractivity contribution is -0.384. The van der Waals surface area contributed by atoms with Gasteiger partial charge >= 0.3 is 0 Å². The first-order valence-electron chi connectivity index (χ1n) is 6.43. The summed E-state index contributed by atoms with van der Waals surface area (Å²) in [4.78, 5) is 23.2. The van der Waals surface area contributed by atoms with Gasteiger partial charge in [-0.3, -0.25) is 14.9 Å². The summed E-state index contributed by atoms with van der Waals surface area (Å²) in [6.45, 7) is 0. The summed E-state index contributed by atoms with van der Waals surface area (Å²) in [5.41, 5.74) is 1.79. The van der Waals surface area contributed by atoms with Crippen LogP contribution in [0.2, 0.25) is 0 Å². The predicted molar refractivity (Wildman–Crippen MR) is 81.4 cm³/mol. The first kappa shape index (κ1) is 13.6. The largest absolute Gasteiger partial charge is 0.325 e. The number of thioether (sulfide) groups is 1. The number of rotatable bonds is 2. The quantitative estimate of drug-likeness (QED) is 0.677. The molecule has 5 nitrogen and oxygen atoms in total. The van der Waals surface area contributed by atoms with E-state index in [1.54, 1.807) is 23.9 Å². The van der Waals surface area contributed by atoms with E-state index in [2.05, 4.69) is 5.32 Å². The van der Waals surface area contributed by atoms with Crippen molar-refractivity contribution in [3.8, 4) is 0 Å². The number of non-ortho nitro benzene ring substituents is 1. The number of hydrogen-bond acceptors (Lipinski definition) is 4. The molecule has 106 valence electrons. The minimum Gasteiger partial charge on any atom is -0.325 e. The third-order valence-corrected chi connectivity index (χ3v) is 4.61. The van der Waals surface area contributed by atoms with Gasteiger partial charge in [0.1, 0.15) is 0 Å². The average molecular weight is 300 g/mol. The van der Waals surface area contributed by atoms with Crippen LogP contribution in [0.1, 0.15) is 17.2 Å². The van der Waals surface area contributed by atoms with E-state index in [1.807, 2.05) is 24.3 Å². The molecule has 21 heavy (non-hydrogen) atoms. The van der Waals surface area contributed by atoms with Gasteiger partial charge in [0.15, 0.2) is 0 Å². The van der Waals surface area contributed by atoms with E-state index >= 15 is 0 Å². The molecular formula is C15H12N2O3S. The third kappa shape index (κ3) is 2.90. The number of hydrogen-bond donors (Lipinski definition) is 1. The minimum atomic E-state index is -0.425. The number of amides is 1. The van der Waals surface area contributed by atoms with E-state index in [9.17, 15) is 14.9 Å². The van der Waals surface area contributed by atoms with Gasteiger partial charge in [-0.2, -0.15) is 0 Å². The van der Waals surface area contributed by atoms with Gasteiger partial charge in [0.2, 0.25) is 5.91 Å². The Kier molecular flexibility index (Phi) is 3.62. The lowest BCUT2D eigenvalue weighted by atomic mass is 10.1. The SMILES string of the molecule is O=C1C[C@H](c2ccc([N+](=O)[O-])cc2)Sc2ccccc2N1. The van der Waals surface area contributed by atoms with Crippen LogP contribution in [0, 0.1) is 10.1 Å². The zero-order valence-corrected chi connectivity index (χ0v) is 11.8. The molecule has 1 N–H and O–H groups in total. The summed E-state index contributed by atoms with van der Waals surface area (Å²) in [5, 5.41) is 13.5. The second kappa shape index (κ2) is 5.57. The van der Waals surface area contributed by atoms with Crippen LogP contribution in [0.3, 0.4) is 0 Å². The number of nitrogens with one attached hydrogen (secondary N) is 1. The lowest BCUT2D eigenvalue weighted by Crippen LogP contribution is -2.11. The van der Waals surface area contributed by atoms with Gasteiger partial charge in [0.25, 0.3) is 5.69 Å². The van der Waals surface area contributed by atoms with Crippen molar-refractivity contribution in [2.45, 2.75) is 16.6 Å². The molecule has 1 aliphatic rings. The predicted octanol–water partition coefficient (Wildman–Crippen LogP) is 3.77. The molecule has 6 heteroatoms. The maximum Gasteiger partial charge on any atom is 0.269 e. The summed E-state index contributed by atoms with van der Waals surface area (Å²) in [5.74, 6) is -0.0456. The number of benzene rings is 2. The summed E-state index contributed by atoms with van der Waals surface area (Å²) in [7, 11) is 0. The number of nitrogens with zero attached hydrogens (tertiary/aromatic N) is 1. The maximum atomic E-state index is 12.0. The van der Waals surface area contributed by atoms with Crippen molar-refractivity contribution in [1.29, 1.82) is 0 Å². The van der Waals surface area contributed by atoms with Crippen molar-refractivity contribution < 1.29 is 9.72 Å². The number of nitro benzene ring substituents is 1. The van der Waals surface area contributed by atoms with Crippen LogP contribution in [0.15, 0.2) is 53.4 Å². The van der Waals surface area contributed by atoms with Crippen LogP contribution >= 0.6 is 11.8 Å². The molecular weight excluding hydrogens is 288 g/mol. The van der Waals surface area contributed by atoms with Crippen LogP contribution in [0.25, 0.3) is 0 Å². The highest BCUT2D eigenvalue weighted by molar-refractivity contribution is 7.99. The summed E-state index contributed by atoms with van der Waals surface area (Å²) in [6, 6.07) is 14.0. The molecule has 0 bridgehead atoms. The zero-order chi connectivity index (χ0) is 14.8. The molecule has 0 unspecified atom stereocenters. The Hall–Kier alpha value is -2.34. The van der Waals surface area contributed by atoms with Gasteiger partial charge in [-0.25, -0.2) is 0 Å². The van der Waals surface area contributed by atoms with Crippen molar-refractivity contribution in [1.82, 2.24) is 0 Å². The first-order chi connectivity index (χ1) is 10.1.